The van der Waals surface area contributed by atoms with Crippen LogP contribution in [-0.2, 0) is 6.54 Å². The minimum Gasteiger partial charge on any atom is -0.504 e. The lowest BCUT2D eigenvalue weighted by Gasteiger charge is -2.08. The van der Waals surface area contributed by atoms with E-state index in [1.165, 1.54) is 6.20 Å². The summed E-state index contributed by atoms with van der Waals surface area (Å²) >= 11 is 0. The first-order chi connectivity index (χ1) is 11.2. The van der Waals surface area contributed by atoms with Gasteiger partial charge in [0.1, 0.15) is 11.3 Å². The van der Waals surface area contributed by atoms with Crippen molar-refractivity contribution in [1.82, 2.24) is 15.3 Å². The van der Waals surface area contributed by atoms with E-state index in [0.717, 1.165) is 11.3 Å². The molecule has 116 valence electrons. The highest BCUT2D eigenvalue weighted by Crippen LogP contribution is 2.24. The first-order valence-corrected chi connectivity index (χ1v) is 7.03. The van der Waals surface area contributed by atoms with Gasteiger partial charge >= 0.3 is 0 Å². The number of fused-ring (bicyclic) bond motifs is 1. The molecule has 2 N–H and O–H groups in total. The number of hydrogen-bond donors (Lipinski definition) is 2. The van der Waals surface area contributed by atoms with Crippen LogP contribution in [0, 0.1) is 0 Å². The summed E-state index contributed by atoms with van der Waals surface area (Å²) in [6.07, 6.45) is 3.07. The SMILES string of the molecule is COc1ccc(CNC(=O)c2ncc3cccnc3c2O)cc1. The minimum atomic E-state index is -0.453. The third-order valence-corrected chi connectivity index (χ3v) is 3.45. The zero-order valence-corrected chi connectivity index (χ0v) is 12.5. The Balaban J connectivity index is 1.76. The van der Waals surface area contributed by atoms with Crippen molar-refractivity contribution in [2.75, 3.05) is 7.11 Å². The lowest BCUT2D eigenvalue weighted by molar-refractivity contribution is 0.0943. The van der Waals surface area contributed by atoms with Crippen LogP contribution < -0.4 is 10.1 Å². The van der Waals surface area contributed by atoms with Crippen LogP contribution in [0.15, 0.2) is 48.8 Å². The maximum atomic E-state index is 12.2. The van der Waals surface area contributed by atoms with Crippen molar-refractivity contribution in [2.24, 2.45) is 0 Å². The predicted octanol–water partition coefficient (Wildman–Crippen LogP) is 2.27. The zero-order valence-electron chi connectivity index (χ0n) is 12.5. The molecule has 23 heavy (non-hydrogen) atoms. The molecule has 1 aromatic carbocycles. The number of aromatic hydroxyl groups is 1. The summed E-state index contributed by atoms with van der Waals surface area (Å²) in [7, 11) is 1.60. The van der Waals surface area contributed by atoms with Crippen molar-refractivity contribution >= 4 is 16.8 Å². The summed E-state index contributed by atoms with van der Waals surface area (Å²) < 4.78 is 5.08. The van der Waals surface area contributed by atoms with E-state index in [1.807, 2.05) is 24.3 Å². The van der Waals surface area contributed by atoms with Gasteiger partial charge in [-0.1, -0.05) is 12.1 Å². The van der Waals surface area contributed by atoms with Gasteiger partial charge < -0.3 is 15.2 Å². The van der Waals surface area contributed by atoms with Gasteiger partial charge in [-0.05, 0) is 29.8 Å². The summed E-state index contributed by atoms with van der Waals surface area (Å²) in [5.41, 5.74) is 1.24. The second-order valence-electron chi connectivity index (χ2n) is 4.93. The van der Waals surface area contributed by atoms with Gasteiger partial charge in [-0.25, -0.2) is 4.98 Å². The number of amides is 1. The number of rotatable bonds is 4. The Morgan fingerprint density at radius 3 is 2.74 bits per heavy atom. The van der Waals surface area contributed by atoms with Gasteiger partial charge in [-0.2, -0.15) is 0 Å². The van der Waals surface area contributed by atoms with Gasteiger partial charge in [0.05, 0.1) is 7.11 Å². The average molecular weight is 309 g/mol. The molecule has 0 atom stereocenters. The third-order valence-electron chi connectivity index (χ3n) is 3.45. The fraction of sp³-hybridized carbons (Fsp3) is 0.118. The maximum absolute atomic E-state index is 12.2. The average Bonchev–Trinajstić information content (AvgIpc) is 2.60. The molecule has 0 bridgehead atoms. The monoisotopic (exact) mass is 309 g/mol. The normalized spacial score (nSPS) is 10.5. The van der Waals surface area contributed by atoms with Crippen molar-refractivity contribution in [1.29, 1.82) is 0 Å². The van der Waals surface area contributed by atoms with E-state index in [0.29, 0.717) is 17.4 Å². The van der Waals surface area contributed by atoms with Crippen LogP contribution in [0.25, 0.3) is 10.9 Å². The largest absolute Gasteiger partial charge is 0.504 e. The third kappa shape index (κ3) is 3.06. The van der Waals surface area contributed by atoms with Crippen LogP contribution in [0.5, 0.6) is 11.5 Å². The standard InChI is InChI=1S/C17H15N3O3/c1-23-13-6-4-11(5-7-13)9-20-17(22)15-16(21)14-12(10-19-15)3-2-8-18-14/h2-8,10,21H,9H2,1H3,(H,20,22). The van der Waals surface area contributed by atoms with E-state index in [4.69, 9.17) is 4.74 Å². The molecule has 0 aliphatic heterocycles. The molecule has 6 nitrogen and oxygen atoms in total. The molecule has 3 aromatic rings. The molecule has 1 amide bonds. The predicted molar refractivity (Wildman–Crippen MR) is 85.4 cm³/mol. The summed E-state index contributed by atoms with van der Waals surface area (Å²) in [6, 6.07) is 10.9. The van der Waals surface area contributed by atoms with E-state index in [2.05, 4.69) is 15.3 Å². The number of nitrogens with one attached hydrogen (secondary N) is 1. The van der Waals surface area contributed by atoms with Gasteiger partial charge in [-0.3, -0.25) is 9.78 Å². The molecule has 0 fully saturated rings. The van der Waals surface area contributed by atoms with Crippen molar-refractivity contribution in [3.05, 3.63) is 60.0 Å². The van der Waals surface area contributed by atoms with Gasteiger partial charge in [0.2, 0.25) is 0 Å². The summed E-state index contributed by atoms with van der Waals surface area (Å²) in [5.74, 6) is 0.0844. The summed E-state index contributed by atoms with van der Waals surface area (Å²) in [6.45, 7) is 0.324. The number of benzene rings is 1. The molecule has 3 rings (SSSR count). The highest BCUT2D eigenvalue weighted by Gasteiger charge is 2.16. The van der Waals surface area contributed by atoms with E-state index < -0.39 is 5.91 Å². The number of carbonyl (C=O) groups is 1. The molecule has 0 spiro atoms. The lowest BCUT2D eigenvalue weighted by atomic mass is 10.2. The molecule has 0 aliphatic carbocycles. The van der Waals surface area contributed by atoms with Crippen molar-refractivity contribution in [2.45, 2.75) is 6.54 Å². The molecule has 0 aliphatic rings. The molecule has 0 saturated carbocycles. The molecule has 0 radical (unpaired) electrons. The molecule has 6 heteroatoms. The Labute approximate surface area is 132 Å². The van der Waals surface area contributed by atoms with Gasteiger partial charge in [0, 0.05) is 24.3 Å². The number of ether oxygens (including phenoxy) is 1. The van der Waals surface area contributed by atoms with Crippen LogP contribution in [0.3, 0.4) is 0 Å². The van der Waals surface area contributed by atoms with Gasteiger partial charge in [0.15, 0.2) is 11.4 Å². The van der Waals surface area contributed by atoms with Crippen LogP contribution in [0.2, 0.25) is 0 Å². The van der Waals surface area contributed by atoms with E-state index in [-0.39, 0.29) is 11.4 Å². The van der Waals surface area contributed by atoms with Crippen molar-refractivity contribution in [3.63, 3.8) is 0 Å². The fourth-order valence-corrected chi connectivity index (χ4v) is 2.20. The number of methoxy groups -OCH3 is 1. The highest BCUT2D eigenvalue weighted by atomic mass is 16.5. The zero-order chi connectivity index (χ0) is 16.2. The Bertz CT molecular complexity index is 847. The van der Waals surface area contributed by atoms with E-state index in [9.17, 15) is 9.90 Å². The molecule has 2 aromatic heterocycles. The van der Waals surface area contributed by atoms with Crippen molar-refractivity contribution in [3.8, 4) is 11.5 Å². The number of pyridine rings is 2. The van der Waals surface area contributed by atoms with Crippen LogP contribution in [-0.4, -0.2) is 28.1 Å². The maximum Gasteiger partial charge on any atom is 0.274 e. The Morgan fingerprint density at radius 2 is 2.00 bits per heavy atom. The number of carbonyl (C=O) groups excluding carboxylic acids is 1. The smallest absolute Gasteiger partial charge is 0.274 e. The topological polar surface area (TPSA) is 84.3 Å². The van der Waals surface area contributed by atoms with E-state index in [1.54, 1.807) is 25.4 Å². The first-order valence-electron chi connectivity index (χ1n) is 7.03. The van der Waals surface area contributed by atoms with Crippen LogP contribution in [0.4, 0.5) is 0 Å². The van der Waals surface area contributed by atoms with Crippen LogP contribution >= 0.6 is 0 Å². The molecule has 0 saturated heterocycles. The minimum absolute atomic E-state index is 0.0373. The Kier molecular flexibility index (Phi) is 4.05. The fourth-order valence-electron chi connectivity index (χ4n) is 2.20. The van der Waals surface area contributed by atoms with Gasteiger partial charge in [0.25, 0.3) is 5.91 Å². The molecule has 0 unspecified atom stereocenters. The summed E-state index contributed by atoms with van der Waals surface area (Å²) in [5, 5.41) is 13.6. The second kappa shape index (κ2) is 6.31. The lowest BCUT2D eigenvalue weighted by Crippen LogP contribution is -2.24. The molecular formula is C17H15N3O3. The quantitative estimate of drug-likeness (QED) is 0.772. The van der Waals surface area contributed by atoms with Gasteiger partial charge in [-0.15, -0.1) is 0 Å². The number of hydrogen-bond acceptors (Lipinski definition) is 5. The summed E-state index contributed by atoms with van der Waals surface area (Å²) in [4.78, 5) is 20.3. The number of aromatic nitrogens is 2. The second-order valence-corrected chi connectivity index (χ2v) is 4.93. The van der Waals surface area contributed by atoms with E-state index >= 15 is 0 Å². The van der Waals surface area contributed by atoms with Crippen LogP contribution in [0.1, 0.15) is 16.1 Å². The van der Waals surface area contributed by atoms with Crippen molar-refractivity contribution < 1.29 is 14.6 Å². The Hall–Kier alpha value is -3.15. The number of nitrogens with zero attached hydrogens (tertiary/aromatic N) is 2. The first kappa shape index (κ1) is 14.8. The Morgan fingerprint density at radius 1 is 1.22 bits per heavy atom. The highest BCUT2D eigenvalue weighted by molar-refractivity contribution is 6.00. The molecule has 2 heterocycles. The molecular weight excluding hydrogens is 294 g/mol.